The van der Waals surface area contributed by atoms with Crippen molar-refractivity contribution in [2.45, 2.75) is 126 Å². The summed E-state index contributed by atoms with van der Waals surface area (Å²) >= 11 is 0. The number of carbonyl (C=O) groups excluding carboxylic acids is 1. The molecule has 6 heteroatoms. The van der Waals surface area contributed by atoms with Crippen LogP contribution in [0.5, 0.6) is 0 Å². The number of fused-ring (bicyclic) bond motifs is 5. The van der Waals surface area contributed by atoms with Crippen molar-refractivity contribution in [1.82, 2.24) is 9.97 Å². The van der Waals surface area contributed by atoms with Gasteiger partial charge in [0.25, 0.3) is 0 Å². The molecule has 1 radical (unpaired) electrons. The van der Waals surface area contributed by atoms with Crippen LogP contribution in [0.15, 0.2) is 40.7 Å². The molecule has 4 aromatic rings. The SMILES string of the molecule is CCC(CC)C(=O)/C=C(\O)C(CC)CC.[2H]c1nc(-c2[c-]c(C)c([2H])c(C)c2[2H])c2oc3c4c(c(C)c([2H])c3c2n1)C(C)(C)CCC4(C)C.[Ir]. The predicted octanol–water partition coefficient (Wildman–Crippen LogP) is 11.0. The Balaban J connectivity index is 0.000000361. The fraction of sp³-hybridized carbons (Fsp3) is 0.525. The third kappa shape index (κ3) is 7.50. The van der Waals surface area contributed by atoms with Crippen LogP contribution < -0.4 is 0 Å². The van der Waals surface area contributed by atoms with E-state index in [1.807, 2.05) is 34.6 Å². The van der Waals surface area contributed by atoms with Gasteiger partial charge < -0.3 is 9.52 Å². The van der Waals surface area contributed by atoms with E-state index in [-0.39, 0.29) is 72.7 Å². The number of aryl methyl sites for hydroxylation is 1. The summed E-state index contributed by atoms with van der Waals surface area (Å²) in [6, 6.07) is 3.91. The van der Waals surface area contributed by atoms with Gasteiger partial charge in [0.15, 0.2) is 5.78 Å². The Morgan fingerprint density at radius 2 is 1.52 bits per heavy atom. The summed E-state index contributed by atoms with van der Waals surface area (Å²) in [5.41, 5.74) is 6.23. The Bertz CT molecular complexity index is 1940. The van der Waals surface area contributed by atoms with E-state index in [1.54, 1.807) is 13.8 Å². The average molecular weight is 806 g/mol. The number of aliphatic hydroxyl groups excluding tert-OH is 1. The molecule has 46 heavy (non-hydrogen) atoms. The summed E-state index contributed by atoms with van der Waals surface area (Å²) in [6.07, 6.45) is 6.73. The standard InChI is InChI=1S/C27H29N2O.C13H24O2.Ir/c1-15-10-16(2)12-18(11-15)22-25-23(29-14-28-22)19-13-17(3)20-21(24(19)30-25)27(6,7)9-8-26(20,4)5;1-5-10(6-2)12(14)9-13(15)11(7-3)8-4;/h10-11,13-14H,8-9H2,1-7H3;9-11,14H,5-8H2,1-4H3;/q-1;;/b;12-9-;/i10D,11D,13D,14D;;. The summed E-state index contributed by atoms with van der Waals surface area (Å²) in [5.74, 6) is 0.547. The van der Waals surface area contributed by atoms with Gasteiger partial charge in [0, 0.05) is 54.7 Å². The first-order valence-corrected chi connectivity index (χ1v) is 16.6. The fourth-order valence-corrected chi connectivity index (χ4v) is 6.89. The van der Waals surface area contributed by atoms with Crippen LogP contribution in [0.4, 0.5) is 0 Å². The van der Waals surface area contributed by atoms with Gasteiger partial charge in [-0.2, -0.15) is 0 Å². The molecule has 0 bridgehead atoms. The van der Waals surface area contributed by atoms with Crippen molar-refractivity contribution in [3.05, 3.63) is 70.1 Å². The van der Waals surface area contributed by atoms with Crippen LogP contribution >= 0.6 is 0 Å². The van der Waals surface area contributed by atoms with Crippen molar-refractivity contribution >= 4 is 27.9 Å². The summed E-state index contributed by atoms with van der Waals surface area (Å²) < 4.78 is 40.8. The number of carbonyl (C=O) groups is 1. The normalized spacial score (nSPS) is 16.7. The van der Waals surface area contributed by atoms with Crippen molar-refractivity contribution in [2.75, 3.05) is 0 Å². The van der Waals surface area contributed by atoms with Crippen LogP contribution in [0.3, 0.4) is 0 Å². The van der Waals surface area contributed by atoms with Gasteiger partial charge in [-0.3, -0.25) is 9.78 Å². The third-order valence-electron chi connectivity index (χ3n) is 9.63. The van der Waals surface area contributed by atoms with Crippen molar-refractivity contribution in [3.8, 4) is 11.3 Å². The summed E-state index contributed by atoms with van der Waals surface area (Å²) in [4.78, 5) is 20.5. The predicted molar refractivity (Wildman–Crippen MR) is 187 cm³/mol. The first-order chi connectivity index (χ1) is 22.9. The van der Waals surface area contributed by atoms with Crippen LogP contribution in [0, 0.1) is 38.7 Å². The zero-order chi connectivity index (χ0) is 36.7. The minimum absolute atomic E-state index is 0. The van der Waals surface area contributed by atoms with Crippen LogP contribution in [-0.2, 0) is 35.7 Å². The summed E-state index contributed by atoms with van der Waals surface area (Å²) in [6.45, 7) is 22.5. The molecule has 5 nitrogen and oxygen atoms in total. The average Bonchev–Trinajstić information content (AvgIpc) is 3.42. The maximum absolute atomic E-state index is 11.7. The number of allylic oxidation sites excluding steroid dienone is 2. The van der Waals surface area contributed by atoms with E-state index in [1.165, 1.54) is 11.6 Å². The molecule has 0 atom stereocenters. The van der Waals surface area contributed by atoms with Gasteiger partial charge in [-0.05, 0) is 76.2 Å². The van der Waals surface area contributed by atoms with Crippen molar-refractivity contribution in [3.63, 3.8) is 0 Å². The van der Waals surface area contributed by atoms with E-state index >= 15 is 0 Å². The molecule has 2 aromatic carbocycles. The maximum atomic E-state index is 11.7. The van der Waals surface area contributed by atoms with Gasteiger partial charge in [0.05, 0.1) is 7.13 Å². The molecule has 0 fully saturated rings. The number of hydrogen-bond donors (Lipinski definition) is 1. The third-order valence-corrected chi connectivity index (χ3v) is 9.63. The minimum atomic E-state index is -0.197. The maximum Gasteiger partial charge on any atom is 0.162 e. The van der Waals surface area contributed by atoms with Gasteiger partial charge in [-0.25, -0.2) is 4.98 Å². The number of aliphatic hydroxyl groups is 1. The molecule has 0 saturated carbocycles. The Morgan fingerprint density at radius 1 is 0.935 bits per heavy atom. The monoisotopic (exact) mass is 806 g/mol. The Kier molecular flexibility index (Phi) is 10.3. The van der Waals surface area contributed by atoms with E-state index < -0.39 is 0 Å². The van der Waals surface area contributed by atoms with E-state index in [4.69, 9.17) is 9.90 Å². The summed E-state index contributed by atoms with van der Waals surface area (Å²) in [5, 5.41) is 10.4. The molecule has 0 saturated heterocycles. The minimum Gasteiger partial charge on any atom is -0.512 e. The van der Waals surface area contributed by atoms with Crippen molar-refractivity contribution in [2.24, 2.45) is 11.8 Å². The van der Waals surface area contributed by atoms with E-state index in [0.717, 1.165) is 49.7 Å². The first kappa shape index (κ1) is 31.8. The van der Waals surface area contributed by atoms with Crippen molar-refractivity contribution in [1.29, 1.82) is 0 Å². The molecule has 2 aromatic heterocycles. The number of benzene rings is 2. The van der Waals surface area contributed by atoms with Gasteiger partial charge in [-0.15, -0.1) is 34.8 Å². The van der Waals surface area contributed by atoms with Crippen LogP contribution in [0.25, 0.3) is 33.3 Å². The number of furan rings is 1. The molecule has 0 amide bonds. The molecule has 2 heterocycles. The number of aromatic nitrogens is 2. The number of hydrogen-bond acceptors (Lipinski definition) is 5. The van der Waals surface area contributed by atoms with E-state index in [9.17, 15) is 9.90 Å². The second-order valence-electron chi connectivity index (χ2n) is 13.9. The van der Waals surface area contributed by atoms with E-state index in [0.29, 0.717) is 50.5 Å². The fourth-order valence-electron chi connectivity index (χ4n) is 6.89. The number of ketones is 1. The van der Waals surface area contributed by atoms with Gasteiger partial charge >= 0.3 is 0 Å². The topological polar surface area (TPSA) is 76.2 Å². The van der Waals surface area contributed by atoms with Gasteiger partial charge in [-0.1, -0.05) is 69.2 Å². The van der Waals surface area contributed by atoms with E-state index in [2.05, 4.69) is 43.7 Å². The van der Waals surface area contributed by atoms with Gasteiger partial charge in [0.1, 0.15) is 24.4 Å². The van der Waals surface area contributed by atoms with Crippen molar-refractivity contribution < 1.29 is 39.9 Å². The Morgan fingerprint density at radius 3 is 2.11 bits per heavy atom. The first-order valence-electron chi connectivity index (χ1n) is 18.6. The molecule has 0 unspecified atom stereocenters. The quantitative estimate of drug-likeness (QED) is 0.109. The smallest absolute Gasteiger partial charge is 0.162 e. The number of rotatable bonds is 8. The molecular formula is C40H53IrN2O3-. The molecular weight excluding hydrogens is 749 g/mol. The Labute approximate surface area is 295 Å². The molecule has 1 N–H and O–H groups in total. The second kappa shape index (κ2) is 14.9. The van der Waals surface area contributed by atoms with Gasteiger partial charge in [0.2, 0.25) is 0 Å². The zero-order valence-electron chi connectivity index (χ0n) is 33.5. The summed E-state index contributed by atoms with van der Waals surface area (Å²) in [7, 11) is 0. The van der Waals surface area contributed by atoms with Crippen LogP contribution in [-0.4, -0.2) is 20.9 Å². The number of nitrogens with zero attached hydrogens (tertiary/aromatic N) is 2. The zero-order valence-corrected chi connectivity index (χ0v) is 31.9. The second-order valence-corrected chi connectivity index (χ2v) is 13.9. The van der Waals surface area contributed by atoms with Crippen LogP contribution in [0.1, 0.15) is 127 Å². The Hall–Kier alpha value is -2.82. The molecule has 251 valence electrons. The van der Waals surface area contributed by atoms with Crippen LogP contribution in [0.2, 0.25) is 0 Å². The molecule has 0 aliphatic heterocycles. The molecule has 5 rings (SSSR count). The molecule has 1 aliphatic carbocycles. The molecule has 1 aliphatic rings. The molecule has 0 spiro atoms. The largest absolute Gasteiger partial charge is 0.512 e.